The minimum absolute atomic E-state index is 0.131. The number of para-hydroxylation sites is 1. The summed E-state index contributed by atoms with van der Waals surface area (Å²) in [6, 6.07) is 6.14. The topological polar surface area (TPSA) is 158 Å². The van der Waals surface area contributed by atoms with E-state index in [1.54, 1.807) is 32.0 Å². The number of rotatable bonds is 10. The van der Waals surface area contributed by atoms with Gasteiger partial charge in [0.15, 0.2) is 11.9 Å². The number of alkyl halides is 1. The summed E-state index contributed by atoms with van der Waals surface area (Å²) < 4.78 is 58.9. The van der Waals surface area contributed by atoms with E-state index in [9.17, 15) is 24.1 Å². The summed E-state index contributed by atoms with van der Waals surface area (Å²) in [7, 11) is -4.34. The second kappa shape index (κ2) is 11.1. The molecule has 0 amide bonds. The first-order chi connectivity index (χ1) is 17.2. The summed E-state index contributed by atoms with van der Waals surface area (Å²) in [6.45, 7) is 4.94. The monoisotopic (exact) mass is 530 g/mol. The molecule has 1 fully saturated rings. The number of carbonyl (C=O) groups is 1. The molecule has 0 saturated carbocycles. The number of H-pyrrole nitrogens is 1. The zero-order valence-electron chi connectivity index (χ0n) is 21.0. The van der Waals surface area contributed by atoms with Crippen LogP contribution in [0, 0.1) is 0 Å². The Morgan fingerprint density at radius 3 is 2.67 bits per heavy atom. The molecule has 1 unspecified atom stereocenters. The summed E-state index contributed by atoms with van der Waals surface area (Å²) >= 11 is 0. The maximum atomic E-state index is 15.5. The molecule has 36 heavy (non-hydrogen) atoms. The number of aromatic amines is 1. The van der Waals surface area contributed by atoms with Gasteiger partial charge in [-0.1, -0.05) is 18.2 Å². The molecule has 1 aromatic heterocycles. The minimum Gasteiger partial charge on any atom is -0.462 e. The lowest BCUT2D eigenvalue weighted by molar-refractivity contribution is -0.149. The zero-order chi connectivity index (χ0) is 27.5. The Hall–Kier alpha value is -2.83. The predicted molar refractivity (Wildman–Crippen MR) is 125 cm³/mol. The Morgan fingerprint density at radius 1 is 1.36 bits per heavy atom. The Labute approximate surface area is 207 Å². The van der Waals surface area contributed by atoms with E-state index in [0.29, 0.717) is 4.57 Å². The molecule has 0 aliphatic carbocycles. The standard InChI is InChI=1S/C22H29FN3O9P/c1-13(2)33-19(29)14(3)25-36(31,35-15-8-6-5-7-9-15)32-12-16-18(28)22(4,23)20(34-16)26-11-10-17(27)24-21(26)30/h5-11,13-14,16,18,20,28H,12H2,1-4H3,(H,25,31)(H,24,27,30)/t14-,16+,18?,20+,22-,36-/m0/s1/i10D. The molecule has 0 radical (unpaired) electrons. The van der Waals surface area contributed by atoms with Gasteiger partial charge in [-0.3, -0.25) is 23.7 Å². The Bertz CT molecular complexity index is 1270. The summed E-state index contributed by atoms with van der Waals surface area (Å²) in [5.41, 5.74) is -4.61. The maximum absolute atomic E-state index is 15.5. The van der Waals surface area contributed by atoms with Gasteiger partial charge in [0.2, 0.25) is 0 Å². The lowest BCUT2D eigenvalue weighted by Crippen LogP contribution is -2.43. The molecule has 0 bridgehead atoms. The molecule has 1 aromatic carbocycles. The van der Waals surface area contributed by atoms with Crippen molar-refractivity contribution in [2.75, 3.05) is 6.61 Å². The van der Waals surface area contributed by atoms with Crippen LogP contribution >= 0.6 is 7.75 Å². The first-order valence-corrected chi connectivity index (χ1v) is 12.6. The van der Waals surface area contributed by atoms with Gasteiger partial charge in [0, 0.05) is 12.2 Å². The van der Waals surface area contributed by atoms with Gasteiger partial charge >= 0.3 is 19.4 Å². The fourth-order valence-electron chi connectivity index (χ4n) is 3.42. The first kappa shape index (κ1) is 26.2. The molecule has 1 aliphatic heterocycles. The highest BCUT2D eigenvalue weighted by atomic mass is 31.2. The van der Waals surface area contributed by atoms with Crippen LogP contribution in [0.1, 0.15) is 35.3 Å². The molecule has 1 aliphatic rings. The Balaban J connectivity index is 1.82. The smallest absolute Gasteiger partial charge is 0.459 e. The lowest BCUT2D eigenvalue weighted by atomic mass is 9.98. The fourth-order valence-corrected chi connectivity index (χ4v) is 4.92. The van der Waals surface area contributed by atoms with Crippen LogP contribution in [-0.2, 0) is 23.4 Å². The molecule has 1 saturated heterocycles. The van der Waals surface area contributed by atoms with Crippen molar-refractivity contribution in [1.82, 2.24) is 14.6 Å². The average molecular weight is 530 g/mol. The van der Waals surface area contributed by atoms with Gasteiger partial charge in [0.25, 0.3) is 5.56 Å². The van der Waals surface area contributed by atoms with E-state index in [1.807, 2.05) is 4.98 Å². The summed E-state index contributed by atoms with van der Waals surface area (Å²) in [6.07, 6.45) is -4.73. The van der Waals surface area contributed by atoms with Crippen LogP contribution in [0.15, 0.2) is 52.2 Å². The number of aliphatic hydroxyl groups is 1. The molecule has 0 spiro atoms. The highest BCUT2D eigenvalue weighted by molar-refractivity contribution is 7.52. The van der Waals surface area contributed by atoms with Gasteiger partial charge in [-0.25, -0.2) is 13.8 Å². The minimum atomic E-state index is -4.34. The lowest BCUT2D eigenvalue weighted by Gasteiger charge is -2.25. The Kier molecular flexibility index (Phi) is 8.06. The van der Waals surface area contributed by atoms with Crippen LogP contribution in [-0.4, -0.2) is 57.3 Å². The molecule has 3 N–H and O–H groups in total. The van der Waals surface area contributed by atoms with Crippen LogP contribution in [0.2, 0.25) is 0 Å². The number of hydrogen-bond donors (Lipinski definition) is 3. The van der Waals surface area contributed by atoms with Crippen LogP contribution in [0.5, 0.6) is 5.75 Å². The van der Waals surface area contributed by atoms with Crippen LogP contribution in [0.4, 0.5) is 4.39 Å². The largest absolute Gasteiger partial charge is 0.462 e. The molecule has 2 heterocycles. The number of nitrogens with zero attached hydrogens (tertiary/aromatic N) is 1. The molecule has 198 valence electrons. The van der Waals surface area contributed by atoms with Crippen LogP contribution in [0.25, 0.3) is 0 Å². The van der Waals surface area contributed by atoms with Gasteiger partial charge in [0.1, 0.15) is 24.0 Å². The van der Waals surface area contributed by atoms with Crippen molar-refractivity contribution < 1.29 is 38.7 Å². The number of benzene rings is 1. The van der Waals surface area contributed by atoms with Gasteiger partial charge in [-0.05, 0) is 39.8 Å². The third kappa shape index (κ3) is 6.48. The van der Waals surface area contributed by atoms with E-state index in [4.69, 9.17) is 19.9 Å². The van der Waals surface area contributed by atoms with Crippen molar-refractivity contribution in [3.63, 3.8) is 0 Å². The number of esters is 1. The van der Waals surface area contributed by atoms with Crippen molar-refractivity contribution in [3.8, 4) is 5.75 Å². The number of hydrogen-bond acceptors (Lipinski definition) is 9. The zero-order valence-corrected chi connectivity index (χ0v) is 20.9. The number of halogens is 1. The molecule has 2 aromatic rings. The highest BCUT2D eigenvalue weighted by Gasteiger charge is 2.55. The van der Waals surface area contributed by atoms with Crippen LogP contribution in [0.3, 0.4) is 0 Å². The summed E-state index contributed by atoms with van der Waals surface area (Å²) in [5, 5.41) is 13.0. The molecular weight excluding hydrogens is 500 g/mol. The van der Waals surface area contributed by atoms with Crippen molar-refractivity contribution >= 4 is 13.7 Å². The van der Waals surface area contributed by atoms with Gasteiger partial charge in [0.05, 0.1) is 14.1 Å². The summed E-state index contributed by atoms with van der Waals surface area (Å²) in [5.74, 6) is -0.598. The summed E-state index contributed by atoms with van der Waals surface area (Å²) in [4.78, 5) is 37.8. The Morgan fingerprint density at radius 2 is 2.03 bits per heavy atom. The van der Waals surface area contributed by atoms with Crippen molar-refractivity contribution in [2.45, 2.75) is 63.9 Å². The molecular formula is C22H29FN3O9P. The van der Waals surface area contributed by atoms with Crippen LogP contribution < -0.4 is 20.9 Å². The first-order valence-electron chi connectivity index (χ1n) is 11.6. The van der Waals surface area contributed by atoms with E-state index >= 15 is 4.39 Å². The predicted octanol–water partition coefficient (Wildman–Crippen LogP) is 1.66. The van der Waals surface area contributed by atoms with E-state index in [2.05, 4.69) is 5.09 Å². The third-order valence-electron chi connectivity index (χ3n) is 5.19. The number of aromatic nitrogens is 2. The maximum Gasteiger partial charge on any atom is 0.459 e. The van der Waals surface area contributed by atoms with E-state index in [1.165, 1.54) is 19.1 Å². The fraction of sp³-hybridized carbons (Fsp3) is 0.500. The molecule has 3 rings (SSSR count). The van der Waals surface area contributed by atoms with E-state index in [-0.39, 0.29) is 5.75 Å². The van der Waals surface area contributed by atoms with Gasteiger partial charge in [-0.2, -0.15) is 5.09 Å². The van der Waals surface area contributed by atoms with E-state index < -0.39 is 73.9 Å². The number of carbonyl (C=O) groups excluding carboxylic acids is 1. The quantitative estimate of drug-likeness (QED) is 0.305. The molecule has 6 atom stereocenters. The van der Waals surface area contributed by atoms with Gasteiger partial charge < -0.3 is 19.1 Å². The number of ether oxygens (including phenoxy) is 2. The van der Waals surface area contributed by atoms with Crippen molar-refractivity contribution in [2.24, 2.45) is 0 Å². The van der Waals surface area contributed by atoms with Crippen molar-refractivity contribution in [1.29, 1.82) is 0 Å². The van der Waals surface area contributed by atoms with Gasteiger partial charge in [-0.15, -0.1) is 0 Å². The number of nitrogens with one attached hydrogen (secondary N) is 2. The second-order valence-electron chi connectivity index (χ2n) is 8.60. The normalized spacial score (nSPS) is 26.8. The molecule has 12 nitrogen and oxygen atoms in total. The third-order valence-corrected chi connectivity index (χ3v) is 6.84. The van der Waals surface area contributed by atoms with Crippen molar-refractivity contribution in [3.05, 3.63) is 63.4 Å². The second-order valence-corrected chi connectivity index (χ2v) is 10.3. The average Bonchev–Trinajstić information content (AvgIpc) is 3.03. The van der Waals surface area contributed by atoms with E-state index in [0.717, 1.165) is 13.1 Å². The highest BCUT2D eigenvalue weighted by Crippen LogP contribution is 2.47. The molecule has 14 heteroatoms. The number of aliphatic hydroxyl groups excluding tert-OH is 1. The SMILES string of the molecule is [2H]c1cn([C@@H]2O[C@H](CO[P@@](=O)(N[C@@H](C)C(=O)OC(C)C)Oc3ccccc3)C(O)[C@]2(C)F)c(=O)[nH]c1=O.